The maximum absolute atomic E-state index is 13.0. The summed E-state index contributed by atoms with van der Waals surface area (Å²) in [5.41, 5.74) is 3.81. The van der Waals surface area contributed by atoms with Crippen LogP contribution in [0.25, 0.3) is 0 Å². The van der Waals surface area contributed by atoms with Crippen molar-refractivity contribution in [1.82, 2.24) is 0 Å². The molecule has 1 amide bonds. The highest BCUT2D eigenvalue weighted by Crippen LogP contribution is 2.41. The van der Waals surface area contributed by atoms with E-state index in [0.29, 0.717) is 29.3 Å². The highest BCUT2D eigenvalue weighted by atomic mass is 32.1. The predicted molar refractivity (Wildman–Crippen MR) is 110 cm³/mol. The van der Waals surface area contributed by atoms with Crippen molar-refractivity contribution in [2.45, 2.75) is 65.7 Å². The van der Waals surface area contributed by atoms with Crippen LogP contribution < -0.4 is 5.32 Å². The van der Waals surface area contributed by atoms with Crippen molar-refractivity contribution in [2.24, 2.45) is 17.8 Å². The maximum atomic E-state index is 13.0. The number of nitrogens with zero attached hydrogens (tertiary/aromatic N) is 1. The van der Waals surface area contributed by atoms with Gasteiger partial charge in [-0.2, -0.15) is 5.26 Å². The molecule has 0 saturated heterocycles. The number of hydrogen-bond donors (Lipinski definition) is 2. The molecule has 3 unspecified atom stereocenters. The van der Waals surface area contributed by atoms with Crippen LogP contribution in [0, 0.1) is 29.1 Å². The maximum Gasteiger partial charge on any atom is 0.307 e. The minimum atomic E-state index is -0.930. The van der Waals surface area contributed by atoms with Crippen molar-refractivity contribution < 1.29 is 14.7 Å². The first-order valence-electron chi connectivity index (χ1n) is 10.1. The van der Waals surface area contributed by atoms with Gasteiger partial charge in [0, 0.05) is 4.88 Å². The lowest BCUT2D eigenvalue weighted by Crippen LogP contribution is -2.36. The second-order valence-corrected chi connectivity index (χ2v) is 9.33. The fraction of sp³-hybridized carbons (Fsp3) is 0.591. The summed E-state index contributed by atoms with van der Waals surface area (Å²) in [5, 5.41) is 22.8. The van der Waals surface area contributed by atoms with Crippen molar-refractivity contribution in [2.75, 3.05) is 5.32 Å². The van der Waals surface area contributed by atoms with Crippen LogP contribution in [-0.4, -0.2) is 17.0 Å². The fourth-order valence-corrected chi connectivity index (χ4v) is 5.86. The number of carboxylic acids is 1. The van der Waals surface area contributed by atoms with Gasteiger partial charge in [-0.25, -0.2) is 0 Å². The summed E-state index contributed by atoms with van der Waals surface area (Å²) < 4.78 is 0. The molecule has 0 fully saturated rings. The molecule has 1 aromatic heterocycles. The summed E-state index contributed by atoms with van der Waals surface area (Å²) in [4.78, 5) is 25.9. The summed E-state index contributed by atoms with van der Waals surface area (Å²) in [6.45, 7) is 6.09. The molecule has 6 heteroatoms. The number of anilines is 1. The van der Waals surface area contributed by atoms with Gasteiger partial charge in [0.15, 0.2) is 0 Å². The second kappa shape index (κ2) is 8.48. The topological polar surface area (TPSA) is 90.2 Å². The van der Waals surface area contributed by atoms with Crippen LogP contribution in [0.15, 0.2) is 11.1 Å². The highest BCUT2D eigenvalue weighted by Gasteiger charge is 2.38. The molecule has 0 aromatic carbocycles. The number of rotatable bonds is 5. The second-order valence-electron chi connectivity index (χ2n) is 8.23. The van der Waals surface area contributed by atoms with Crippen LogP contribution in [-0.2, 0) is 22.4 Å². The summed E-state index contributed by atoms with van der Waals surface area (Å²) in [7, 11) is 0. The van der Waals surface area contributed by atoms with Crippen LogP contribution in [0.1, 0.15) is 68.9 Å². The van der Waals surface area contributed by atoms with Gasteiger partial charge in [-0.15, -0.1) is 11.3 Å². The van der Waals surface area contributed by atoms with Crippen LogP contribution in [0.3, 0.4) is 0 Å². The van der Waals surface area contributed by atoms with Crippen molar-refractivity contribution in [3.63, 3.8) is 0 Å². The third-order valence-electron chi connectivity index (χ3n) is 6.33. The van der Waals surface area contributed by atoms with E-state index in [1.165, 1.54) is 22.6 Å². The van der Waals surface area contributed by atoms with Gasteiger partial charge in [0.25, 0.3) is 0 Å². The van der Waals surface area contributed by atoms with E-state index in [2.05, 4.69) is 18.3 Å². The number of thiophene rings is 1. The van der Waals surface area contributed by atoms with Crippen LogP contribution in [0.4, 0.5) is 5.00 Å². The molecule has 0 saturated carbocycles. The molecule has 0 radical (unpaired) electrons. The third kappa shape index (κ3) is 4.00. The first-order chi connectivity index (χ1) is 13.3. The Morgan fingerprint density at radius 3 is 2.50 bits per heavy atom. The average molecular weight is 401 g/mol. The molecule has 3 rings (SSSR count). The predicted octanol–water partition coefficient (Wildman–Crippen LogP) is 4.91. The van der Waals surface area contributed by atoms with E-state index in [-0.39, 0.29) is 5.91 Å². The standard InChI is InChI=1S/C22H28N2O3S/c1-4-5-14-6-7-15-18(11-23)21(28-19(15)10-14)24-20(25)16-8-12(2)13(3)9-17(16)22(26)27/h14,16-17H,4-10H2,1-3H3,(H,24,25)(H,26,27). The molecule has 2 N–H and O–H groups in total. The Balaban J connectivity index is 1.83. The largest absolute Gasteiger partial charge is 0.481 e. The quantitative estimate of drug-likeness (QED) is 0.687. The number of carbonyl (C=O) groups is 2. The molecule has 5 nitrogen and oxygen atoms in total. The highest BCUT2D eigenvalue weighted by molar-refractivity contribution is 7.16. The Morgan fingerprint density at radius 1 is 1.21 bits per heavy atom. The summed E-state index contributed by atoms with van der Waals surface area (Å²) in [5.74, 6) is -1.87. The van der Waals surface area contributed by atoms with Gasteiger partial charge in [0.1, 0.15) is 11.1 Å². The Hall–Kier alpha value is -2.13. The minimum Gasteiger partial charge on any atom is -0.481 e. The van der Waals surface area contributed by atoms with Gasteiger partial charge in [-0.05, 0) is 57.4 Å². The van der Waals surface area contributed by atoms with E-state index < -0.39 is 17.8 Å². The van der Waals surface area contributed by atoms with Gasteiger partial charge < -0.3 is 10.4 Å². The zero-order valence-corrected chi connectivity index (χ0v) is 17.6. The number of nitrogens with one attached hydrogen (secondary N) is 1. The molecule has 1 heterocycles. The van der Waals surface area contributed by atoms with Gasteiger partial charge in [-0.3, -0.25) is 9.59 Å². The molecule has 0 bridgehead atoms. The molecule has 1 aromatic rings. The smallest absolute Gasteiger partial charge is 0.307 e. The first kappa shape index (κ1) is 20.6. The molecule has 2 aliphatic rings. The molecular formula is C22H28N2O3S. The minimum absolute atomic E-state index is 0.278. The Labute approximate surface area is 170 Å². The van der Waals surface area contributed by atoms with Gasteiger partial charge >= 0.3 is 5.97 Å². The third-order valence-corrected chi connectivity index (χ3v) is 7.50. The number of allylic oxidation sites excluding steroid dienone is 2. The zero-order valence-electron chi connectivity index (χ0n) is 16.8. The lowest BCUT2D eigenvalue weighted by molar-refractivity contribution is -0.146. The molecule has 2 aliphatic carbocycles. The van der Waals surface area contributed by atoms with Gasteiger partial charge in [-0.1, -0.05) is 30.9 Å². The number of carboxylic acid groups (broad SMARTS) is 1. The molecule has 28 heavy (non-hydrogen) atoms. The van der Waals surface area contributed by atoms with E-state index in [1.807, 2.05) is 13.8 Å². The van der Waals surface area contributed by atoms with Crippen molar-refractivity contribution in [3.8, 4) is 6.07 Å². The molecule has 0 spiro atoms. The van der Waals surface area contributed by atoms with Crippen molar-refractivity contribution >= 4 is 28.2 Å². The van der Waals surface area contributed by atoms with E-state index in [0.717, 1.165) is 42.4 Å². The number of carbonyl (C=O) groups excluding carboxylic acids is 1. The van der Waals surface area contributed by atoms with E-state index >= 15 is 0 Å². The van der Waals surface area contributed by atoms with E-state index in [1.54, 1.807) is 0 Å². The molecular weight excluding hydrogens is 372 g/mol. The Kier molecular flexibility index (Phi) is 6.24. The van der Waals surface area contributed by atoms with Gasteiger partial charge in [0.2, 0.25) is 5.91 Å². The zero-order chi connectivity index (χ0) is 20.4. The number of amides is 1. The number of aliphatic carboxylic acids is 1. The SMILES string of the molecule is CCCC1CCc2c(sc(NC(=O)C3CC(C)=C(C)CC3C(=O)O)c2C#N)C1. The lowest BCUT2D eigenvalue weighted by Gasteiger charge is -2.29. The fourth-order valence-electron chi connectivity index (χ4n) is 4.55. The first-order valence-corrected chi connectivity index (χ1v) is 10.9. The monoisotopic (exact) mass is 400 g/mol. The Morgan fingerprint density at radius 2 is 1.89 bits per heavy atom. The van der Waals surface area contributed by atoms with Crippen molar-refractivity contribution in [3.05, 3.63) is 27.2 Å². The van der Waals surface area contributed by atoms with Crippen molar-refractivity contribution in [1.29, 1.82) is 5.26 Å². The van der Waals surface area contributed by atoms with E-state index in [9.17, 15) is 20.0 Å². The van der Waals surface area contributed by atoms with Crippen LogP contribution >= 0.6 is 11.3 Å². The van der Waals surface area contributed by atoms with Crippen LogP contribution in [0.2, 0.25) is 0 Å². The number of hydrogen-bond acceptors (Lipinski definition) is 4. The lowest BCUT2D eigenvalue weighted by atomic mass is 9.76. The van der Waals surface area contributed by atoms with Gasteiger partial charge in [0.05, 0.1) is 17.4 Å². The summed E-state index contributed by atoms with van der Waals surface area (Å²) in [6, 6.07) is 2.28. The van der Waals surface area contributed by atoms with Crippen LogP contribution in [0.5, 0.6) is 0 Å². The molecule has 0 aliphatic heterocycles. The Bertz CT molecular complexity index is 862. The summed E-state index contributed by atoms with van der Waals surface area (Å²) >= 11 is 1.51. The normalized spacial score (nSPS) is 24.4. The van der Waals surface area contributed by atoms with E-state index in [4.69, 9.17) is 0 Å². The summed E-state index contributed by atoms with van der Waals surface area (Å²) in [6.07, 6.45) is 6.16. The molecule has 150 valence electrons. The number of nitriles is 1. The molecule has 3 atom stereocenters. The average Bonchev–Trinajstić information content (AvgIpc) is 2.99. The number of fused-ring (bicyclic) bond motifs is 1.